The molecule has 1 unspecified atom stereocenters. The van der Waals surface area contributed by atoms with Crippen LogP contribution in [0, 0.1) is 6.92 Å². The molecular weight excluding hydrogens is 280 g/mol. The number of carbonyl (C=O) groups is 1. The SMILES string of the molecule is Cc1cc(C(=O)N(C)C2CCNC2)ccc1Br. The maximum atomic E-state index is 12.3. The lowest BCUT2D eigenvalue weighted by Crippen LogP contribution is -2.38. The van der Waals surface area contributed by atoms with Gasteiger partial charge in [-0.05, 0) is 43.7 Å². The number of hydrogen-bond donors (Lipinski definition) is 1. The van der Waals surface area contributed by atoms with Crippen LogP contribution in [0.15, 0.2) is 22.7 Å². The third-order valence-electron chi connectivity index (χ3n) is 3.31. The predicted octanol–water partition coefficient (Wildman–Crippen LogP) is 2.19. The number of amides is 1. The number of rotatable bonds is 2. The van der Waals surface area contributed by atoms with Gasteiger partial charge in [0.1, 0.15) is 0 Å². The lowest BCUT2D eigenvalue weighted by Gasteiger charge is -2.24. The molecule has 1 heterocycles. The van der Waals surface area contributed by atoms with E-state index in [-0.39, 0.29) is 5.91 Å². The molecule has 1 aliphatic rings. The van der Waals surface area contributed by atoms with Crippen LogP contribution in [0.2, 0.25) is 0 Å². The summed E-state index contributed by atoms with van der Waals surface area (Å²) in [5.74, 6) is 0.106. The number of hydrogen-bond acceptors (Lipinski definition) is 2. The van der Waals surface area contributed by atoms with Crippen LogP contribution in [0.5, 0.6) is 0 Å². The summed E-state index contributed by atoms with van der Waals surface area (Å²) in [5.41, 5.74) is 1.86. The first-order valence-corrected chi connectivity index (χ1v) is 6.63. The summed E-state index contributed by atoms with van der Waals surface area (Å²) < 4.78 is 1.04. The Morgan fingerprint density at radius 3 is 2.88 bits per heavy atom. The average Bonchev–Trinajstić information content (AvgIpc) is 2.84. The van der Waals surface area contributed by atoms with Crippen LogP contribution in [0.4, 0.5) is 0 Å². The molecule has 1 N–H and O–H groups in total. The number of aryl methyl sites for hydroxylation is 1. The van der Waals surface area contributed by atoms with Gasteiger partial charge >= 0.3 is 0 Å². The molecule has 1 fully saturated rings. The van der Waals surface area contributed by atoms with Crippen molar-refractivity contribution in [3.63, 3.8) is 0 Å². The van der Waals surface area contributed by atoms with Gasteiger partial charge in [-0.1, -0.05) is 15.9 Å². The largest absolute Gasteiger partial charge is 0.337 e. The molecule has 0 aliphatic carbocycles. The summed E-state index contributed by atoms with van der Waals surface area (Å²) in [6, 6.07) is 6.07. The standard InChI is InChI=1S/C13H17BrN2O/c1-9-7-10(3-4-12(9)14)13(17)16(2)11-5-6-15-8-11/h3-4,7,11,15H,5-6,8H2,1-2H3. The molecule has 92 valence electrons. The van der Waals surface area contributed by atoms with Crippen molar-refractivity contribution < 1.29 is 4.79 Å². The lowest BCUT2D eigenvalue weighted by atomic mass is 10.1. The molecule has 0 radical (unpaired) electrons. The molecule has 0 saturated carbocycles. The second-order valence-corrected chi connectivity index (χ2v) is 5.38. The van der Waals surface area contributed by atoms with E-state index in [1.165, 1.54) is 0 Å². The number of likely N-dealkylation sites (N-methyl/N-ethyl adjacent to an activating group) is 1. The summed E-state index contributed by atoms with van der Waals surface area (Å²) >= 11 is 3.45. The van der Waals surface area contributed by atoms with Gasteiger partial charge in [0, 0.05) is 29.7 Å². The van der Waals surface area contributed by atoms with Gasteiger partial charge in [0.05, 0.1) is 0 Å². The van der Waals surface area contributed by atoms with Crippen molar-refractivity contribution in [1.29, 1.82) is 0 Å². The Hall–Kier alpha value is -0.870. The number of nitrogens with one attached hydrogen (secondary N) is 1. The van der Waals surface area contributed by atoms with Crippen LogP contribution in [0.1, 0.15) is 22.3 Å². The number of nitrogens with zero attached hydrogens (tertiary/aromatic N) is 1. The Bertz CT molecular complexity index is 427. The van der Waals surface area contributed by atoms with Gasteiger partial charge in [0.15, 0.2) is 0 Å². The van der Waals surface area contributed by atoms with Crippen molar-refractivity contribution in [3.05, 3.63) is 33.8 Å². The van der Waals surface area contributed by atoms with Crippen molar-refractivity contribution in [3.8, 4) is 0 Å². The van der Waals surface area contributed by atoms with E-state index in [0.717, 1.165) is 35.1 Å². The Kier molecular flexibility index (Phi) is 3.84. The molecule has 1 aromatic rings. The summed E-state index contributed by atoms with van der Waals surface area (Å²) in [7, 11) is 1.89. The van der Waals surface area contributed by atoms with E-state index in [4.69, 9.17) is 0 Å². The van der Waals surface area contributed by atoms with Gasteiger partial charge in [-0.3, -0.25) is 4.79 Å². The highest BCUT2D eigenvalue weighted by molar-refractivity contribution is 9.10. The quantitative estimate of drug-likeness (QED) is 0.907. The normalized spacial score (nSPS) is 19.4. The molecule has 1 amide bonds. The van der Waals surface area contributed by atoms with E-state index < -0.39 is 0 Å². The van der Waals surface area contributed by atoms with E-state index in [2.05, 4.69) is 21.2 Å². The third-order valence-corrected chi connectivity index (χ3v) is 4.20. The van der Waals surface area contributed by atoms with Crippen molar-refractivity contribution in [2.24, 2.45) is 0 Å². The highest BCUT2D eigenvalue weighted by Crippen LogP contribution is 2.19. The Balaban J connectivity index is 2.15. The van der Waals surface area contributed by atoms with E-state index in [9.17, 15) is 4.79 Å². The van der Waals surface area contributed by atoms with Gasteiger partial charge in [0.25, 0.3) is 5.91 Å². The van der Waals surface area contributed by atoms with Gasteiger partial charge in [-0.15, -0.1) is 0 Å². The average molecular weight is 297 g/mol. The van der Waals surface area contributed by atoms with Gasteiger partial charge < -0.3 is 10.2 Å². The first-order valence-electron chi connectivity index (χ1n) is 5.83. The molecule has 1 atom stereocenters. The Morgan fingerprint density at radius 1 is 1.53 bits per heavy atom. The molecule has 1 aromatic carbocycles. The number of benzene rings is 1. The van der Waals surface area contributed by atoms with E-state index >= 15 is 0 Å². The summed E-state index contributed by atoms with van der Waals surface area (Å²) in [4.78, 5) is 14.1. The van der Waals surface area contributed by atoms with Crippen molar-refractivity contribution in [1.82, 2.24) is 10.2 Å². The fourth-order valence-electron chi connectivity index (χ4n) is 2.12. The van der Waals surface area contributed by atoms with Crippen LogP contribution in [0.25, 0.3) is 0 Å². The number of halogens is 1. The van der Waals surface area contributed by atoms with E-state index in [0.29, 0.717) is 6.04 Å². The van der Waals surface area contributed by atoms with E-state index in [1.54, 1.807) is 0 Å². The fraction of sp³-hybridized carbons (Fsp3) is 0.462. The summed E-state index contributed by atoms with van der Waals surface area (Å²) in [5, 5.41) is 3.28. The van der Waals surface area contributed by atoms with Crippen LogP contribution in [0.3, 0.4) is 0 Å². The van der Waals surface area contributed by atoms with Gasteiger partial charge in [0.2, 0.25) is 0 Å². The first kappa shape index (κ1) is 12.6. The molecule has 0 spiro atoms. The minimum absolute atomic E-state index is 0.106. The third kappa shape index (κ3) is 2.69. The molecule has 1 aliphatic heterocycles. The Labute approximate surface area is 110 Å². The van der Waals surface area contributed by atoms with Crippen molar-refractivity contribution in [2.75, 3.05) is 20.1 Å². The summed E-state index contributed by atoms with van der Waals surface area (Å²) in [6.45, 7) is 3.90. The molecule has 3 nitrogen and oxygen atoms in total. The highest BCUT2D eigenvalue weighted by Gasteiger charge is 2.24. The maximum Gasteiger partial charge on any atom is 0.253 e. The fourth-order valence-corrected chi connectivity index (χ4v) is 2.36. The molecule has 4 heteroatoms. The molecule has 0 aromatic heterocycles. The van der Waals surface area contributed by atoms with Crippen molar-refractivity contribution in [2.45, 2.75) is 19.4 Å². The van der Waals surface area contributed by atoms with E-state index in [1.807, 2.05) is 37.1 Å². The monoisotopic (exact) mass is 296 g/mol. The molecule has 2 rings (SSSR count). The van der Waals surface area contributed by atoms with Crippen molar-refractivity contribution >= 4 is 21.8 Å². The smallest absolute Gasteiger partial charge is 0.253 e. The second-order valence-electron chi connectivity index (χ2n) is 4.53. The second kappa shape index (κ2) is 5.19. The molecule has 0 bridgehead atoms. The number of carbonyl (C=O) groups excluding carboxylic acids is 1. The lowest BCUT2D eigenvalue weighted by molar-refractivity contribution is 0.0743. The highest BCUT2D eigenvalue weighted by atomic mass is 79.9. The zero-order chi connectivity index (χ0) is 12.4. The zero-order valence-electron chi connectivity index (χ0n) is 10.2. The van der Waals surface area contributed by atoms with Crippen LogP contribution < -0.4 is 5.32 Å². The van der Waals surface area contributed by atoms with Crippen LogP contribution in [-0.4, -0.2) is 37.0 Å². The van der Waals surface area contributed by atoms with Gasteiger partial charge in [-0.2, -0.15) is 0 Å². The maximum absolute atomic E-state index is 12.3. The zero-order valence-corrected chi connectivity index (χ0v) is 11.8. The Morgan fingerprint density at radius 2 is 2.29 bits per heavy atom. The van der Waals surface area contributed by atoms with Gasteiger partial charge in [-0.25, -0.2) is 0 Å². The summed E-state index contributed by atoms with van der Waals surface area (Å²) in [6.07, 6.45) is 1.04. The predicted molar refractivity (Wildman–Crippen MR) is 72.2 cm³/mol. The minimum Gasteiger partial charge on any atom is -0.337 e. The topological polar surface area (TPSA) is 32.3 Å². The molecular formula is C13H17BrN2O. The first-order chi connectivity index (χ1) is 8.09. The molecule has 17 heavy (non-hydrogen) atoms. The molecule has 1 saturated heterocycles. The minimum atomic E-state index is 0.106. The van der Waals surface area contributed by atoms with Crippen LogP contribution in [-0.2, 0) is 0 Å². The van der Waals surface area contributed by atoms with Crippen LogP contribution >= 0.6 is 15.9 Å².